The Morgan fingerprint density at radius 2 is 2.27 bits per heavy atom. The molecule has 4 heteroatoms. The van der Waals surface area contributed by atoms with Crippen molar-refractivity contribution in [3.63, 3.8) is 0 Å². The molecule has 0 fully saturated rings. The van der Waals surface area contributed by atoms with Crippen LogP contribution in [0, 0.1) is 0 Å². The molecule has 0 saturated carbocycles. The molecule has 0 heterocycles. The highest BCUT2D eigenvalue weighted by atomic mass is 32.2. The molecule has 0 radical (unpaired) electrons. The third kappa shape index (κ3) is 3.23. The van der Waals surface area contributed by atoms with Gasteiger partial charge in [0.2, 0.25) is 0 Å². The molecule has 0 aromatic heterocycles. The van der Waals surface area contributed by atoms with E-state index in [1.165, 1.54) is 0 Å². The van der Waals surface area contributed by atoms with Crippen LogP contribution < -0.4 is 15.8 Å². The van der Waals surface area contributed by atoms with E-state index in [1.807, 2.05) is 30.0 Å². The number of para-hydroxylation sites is 1. The highest BCUT2D eigenvalue weighted by Crippen LogP contribution is 2.29. The standard InChI is InChI=1S/C11H18N2OS/c1-8(7-15-3)13-9-5-4-6-10(14-2)11(9)12/h4-6,8,13H,7,12H2,1-3H3. The van der Waals surface area contributed by atoms with Crippen molar-refractivity contribution in [1.29, 1.82) is 0 Å². The number of methoxy groups -OCH3 is 1. The first-order chi connectivity index (χ1) is 7.19. The van der Waals surface area contributed by atoms with Gasteiger partial charge >= 0.3 is 0 Å². The molecule has 3 nitrogen and oxygen atoms in total. The fourth-order valence-corrected chi connectivity index (χ4v) is 1.99. The zero-order valence-corrected chi connectivity index (χ0v) is 10.2. The van der Waals surface area contributed by atoms with Gasteiger partial charge in [-0.05, 0) is 25.3 Å². The van der Waals surface area contributed by atoms with Gasteiger partial charge < -0.3 is 15.8 Å². The number of nitrogen functional groups attached to an aromatic ring is 1. The maximum atomic E-state index is 5.94. The van der Waals surface area contributed by atoms with Crippen LogP contribution in [-0.4, -0.2) is 25.2 Å². The van der Waals surface area contributed by atoms with Crippen LogP contribution in [0.3, 0.4) is 0 Å². The summed E-state index contributed by atoms with van der Waals surface area (Å²) >= 11 is 1.81. The summed E-state index contributed by atoms with van der Waals surface area (Å²) in [5.41, 5.74) is 7.56. The smallest absolute Gasteiger partial charge is 0.143 e. The van der Waals surface area contributed by atoms with Crippen molar-refractivity contribution in [1.82, 2.24) is 0 Å². The molecule has 1 aromatic carbocycles. The van der Waals surface area contributed by atoms with Gasteiger partial charge in [0.1, 0.15) is 5.75 Å². The summed E-state index contributed by atoms with van der Waals surface area (Å²) in [6.45, 7) is 2.13. The molecule has 1 atom stereocenters. The van der Waals surface area contributed by atoms with E-state index in [9.17, 15) is 0 Å². The Morgan fingerprint density at radius 3 is 2.87 bits per heavy atom. The van der Waals surface area contributed by atoms with Gasteiger partial charge in [-0.15, -0.1) is 0 Å². The normalized spacial score (nSPS) is 12.2. The lowest BCUT2D eigenvalue weighted by molar-refractivity contribution is 0.417. The molecule has 0 bridgehead atoms. The van der Waals surface area contributed by atoms with Gasteiger partial charge in [0, 0.05) is 11.8 Å². The van der Waals surface area contributed by atoms with Crippen LogP contribution in [0.2, 0.25) is 0 Å². The molecular formula is C11H18N2OS. The summed E-state index contributed by atoms with van der Waals surface area (Å²) in [5.74, 6) is 1.77. The molecule has 3 N–H and O–H groups in total. The van der Waals surface area contributed by atoms with Crippen LogP contribution in [0.4, 0.5) is 11.4 Å². The van der Waals surface area contributed by atoms with Crippen molar-refractivity contribution in [3.8, 4) is 5.75 Å². The molecule has 1 unspecified atom stereocenters. The van der Waals surface area contributed by atoms with Crippen LogP contribution in [0.5, 0.6) is 5.75 Å². The molecular weight excluding hydrogens is 208 g/mol. The van der Waals surface area contributed by atoms with E-state index < -0.39 is 0 Å². The fourth-order valence-electron chi connectivity index (χ4n) is 1.41. The van der Waals surface area contributed by atoms with Crippen molar-refractivity contribution < 1.29 is 4.74 Å². The highest BCUT2D eigenvalue weighted by molar-refractivity contribution is 7.98. The summed E-state index contributed by atoms with van der Waals surface area (Å²) < 4.78 is 5.16. The molecule has 1 rings (SSSR count). The average molecular weight is 226 g/mol. The predicted octanol–water partition coefficient (Wildman–Crippen LogP) is 2.44. The minimum absolute atomic E-state index is 0.398. The lowest BCUT2D eigenvalue weighted by atomic mass is 10.2. The number of rotatable bonds is 5. The number of anilines is 2. The first-order valence-electron chi connectivity index (χ1n) is 4.87. The number of thioether (sulfide) groups is 1. The van der Waals surface area contributed by atoms with Gasteiger partial charge in [-0.1, -0.05) is 6.07 Å². The average Bonchev–Trinajstić information content (AvgIpc) is 2.21. The maximum absolute atomic E-state index is 5.94. The van der Waals surface area contributed by atoms with Gasteiger partial charge in [-0.25, -0.2) is 0 Å². The van der Waals surface area contributed by atoms with E-state index >= 15 is 0 Å². The van der Waals surface area contributed by atoms with E-state index in [4.69, 9.17) is 10.5 Å². The van der Waals surface area contributed by atoms with Gasteiger partial charge in [-0.3, -0.25) is 0 Å². The van der Waals surface area contributed by atoms with E-state index in [2.05, 4.69) is 18.5 Å². The second-order valence-corrected chi connectivity index (χ2v) is 4.33. The number of hydrogen-bond donors (Lipinski definition) is 2. The summed E-state index contributed by atoms with van der Waals surface area (Å²) in [6, 6.07) is 6.16. The topological polar surface area (TPSA) is 47.3 Å². The first-order valence-corrected chi connectivity index (χ1v) is 6.26. The Bertz CT molecular complexity index is 317. The third-order valence-corrected chi connectivity index (χ3v) is 2.94. The number of nitrogens with one attached hydrogen (secondary N) is 1. The highest BCUT2D eigenvalue weighted by Gasteiger charge is 2.07. The predicted molar refractivity (Wildman–Crippen MR) is 68.9 cm³/mol. The third-order valence-electron chi connectivity index (χ3n) is 2.10. The van der Waals surface area contributed by atoms with Gasteiger partial charge in [0.15, 0.2) is 0 Å². The monoisotopic (exact) mass is 226 g/mol. The number of ether oxygens (including phenoxy) is 1. The van der Waals surface area contributed by atoms with Crippen LogP contribution >= 0.6 is 11.8 Å². The van der Waals surface area contributed by atoms with Crippen LogP contribution in [-0.2, 0) is 0 Å². The Balaban J connectivity index is 2.76. The second kappa shape index (κ2) is 5.75. The molecule has 0 saturated heterocycles. The minimum Gasteiger partial charge on any atom is -0.495 e. The van der Waals surface area contributed by atoms with Crippen LogP contribution in [0.1, 0.15) is 6.92 Å². The Kier molecular flexibility index (Phi) is 4.62. The van der Waals surface area contributed by atoms with Gasteiger partial charge in [0.25, 0.3) is 0 Å². The molecule has 0 aliphatic carbocycles. The van der Waals surface area contributed by atoms with Crippen molar-refractivity contribution in [2.75, 3.05) is 30.2 Å². The van der Waals surface area contributed by atoms with Gasteiger partial charge in [0.05, 0.1) is 18.5 Å². The zero-order chi connectivity index (χ0) is 11.3. The summed E-state index contributed by atoms with van der Waals surface area (Å²) in [5, 5.41) is 3.36. The molecule has 84 valence electrons. The quantitative estimate of drug-likeness (QED) is 0.757. The van der Waals surface area contributed by atoms with Crippen molar-refractivity contribution in [3.05, 3.63) is 18.2 Å². The Labute approximate surface area is 95.4 Å². The number of hydrogen-bond acceptors (Lipinski definition) is 4. The minimum atomic E-state index is 0.398. The maximum Gasteiger partial charge on any atom is 0.143 e. The van der Waals surface area contributed by atoms with Crippen LogP contribution in [0.15, 0.2) is 18.2 Å². The van der Waals surface area contributed by atoms with E-state index in [0.717, 1.165) is 17.2 Å². The fraction of sp³-hybridized carbons (Fsp3) is 0.455. The summed E-state index contributed by atoms with van der Waals surface area (Å²) in [7, 11) is 1.63. The second-order valence-electron chi connectivity index (χ2n) is 3.42. The largest absolute Gasteiger partial charge is 0.495 e. The van der Waals surface area contributed by atoms with Crippen molar-refractivity contribution >= 4 is 23.1 Å². The summed E-state index contributed by atoms with van der Waals surface area (Å²) in [4.78, 5) is 0. The van der Waals surface area contributed by atoms with E-state index in [-0.39, 0.29) is 0 Å². The van der Waals surface area contributed by atoms with Crippen molar-refractivity contribution in [2.45, 2.75) is 13.0 Å². The van der Waals surface area contributed by atoms with Crippen molar-refractivity contribution in [2.24, 2.45) is 0 Å². The lowest BCUT2D eigenvalue weighted by Gasteiger charge is -2.17. The van der Waals surface area contributed by atoms with E-state index in [0.29, 0.717) is 11.7 Å². The molecule has 0 aliphatic rings. The van der Waals surface area contributed by atoms with Gasteiger partial charge in [-0.2, -0.15) is 11.8 Å². The van der Waals surface area contributed by atoms with E-state index in [1.54, 1.807) is 7.11 Å². The molecule has 0 amide bonds. The lowest BCUT2D eigenvalue weighted by Crippen LogP contribution is -2.18. The molecule has 0 spiro atoms. The Morgan fingerprint density at radius 1 is 1.53 bits per heavy atom. The number of nitrogens with two attached hydrogens (primary N) is 1. The SMILES string of the molecule is COc1cccc(NC(C)CSC)c1N. The molecule has 15 heavy (non-hydrogen) atoms. The molecule has 1 aromatic rings. The number of benzene rings is 1. The van der Waals surface area contributed by atoms with Crippen LogP contribution in [0.25, 0.3) is 0 Å². The Hall–Kier alpha value is -1.03. The molecule has 0 aliphatic heterocycles. The first kappa shape index (κ1) is 12.0. The zero-order valence-electron chi connectivity index (χ0n) is 9.41. The summed E-state index contributed by atoms with van der Waals surface area (Å²) in [6.07, 6.45) is 2.09.